The Bertz CT molecular complexity index is 355. The van der Waals surface area contributed by atoms with Gasteiger partial charge in [-0.15, -0.1) is 0 Å². The Hall–Kier alpha value is -1.59. The summed E-state index contributed by atoms with van der Waals surface area (Å²) in [4.78, 5) is 36.5. The molecule has 1 heterocycles. The Morgan fingerprint density at radius 2 is 1.58 bits per heavy atom. The number of nitrogens with one attached hydrogen (secondary N) is 2. The molecule has 6 heteroatoms. The Morgan fingerprint density at radius 3 is 2.11 bits per heavy atom. The average Bonchev–Trinajstić information content (AvgIpc) is 2.85. The maximum absolute atomic E-state index is 11.7. The van der Waals surface area contributed by atoms with Crippen LogP contribution in [0.15, 0.2) is 0 Å². The van der Waals surface area contributed by atoms with Crippen LogP contribution in [0.1, 0.15) is 33.6 Å². The molecule has 0 unspecified atom stereocenters. The number of likely N-dealkylation sites (tertiary alicyclic amines) is 1. The van der Waals surface area contributed by atoms with Gasteiger partial charge in [-0.1, -0.05) is 20.8 Å². The molecule has 0 spiro atoms. The van der Waals surface area contributed by atoms with Crippen molar-refractivity contribution in [3.63, 3.8) is 0 Å². The van der Waals surface area contributed by atoms with Crippen LogP contribution in [0.25, 0.3) is 0 Å². The topological polar surface area (TPSA) is 78.5 Å². The summed E-state index contributed by atoms with van der Waals surface area (Å²) in [7, 11) is 0. The predicted octanol–water partition coefficient (Wildman–Crippen LogP) is -0.113. The first-order valence-electron chi connectivity index (χ1n) is 6.63. The highest BCUT2D eigenvalue weighted by Gasteiger charge is 2.22. The minimum absolute atomic E-state index is 0.00419. The van der Waals surface area contributed by atoms with Crippen molar-refractivity contribution in [3.05, 3.63) is 0 Å². The van der Waals surface area contributed by atoms with Crippen molar-refractivity contribution in [1.82, 2.24) is 15.5 Å². The van der Waals surface area contributed by atoms with Crippen LogP contribution in [0.3, 0.4) is 0 Å². The van der Waals surface area contributed by atoms with Crippen LogP contribution in [0.2, 0.25) is 0 Å². The Labute approximate surface area is 113 Å². The van der Waals surface area contributed by atoms with Gasteiger partial charge in [-0.25, -0.2) is 0 Å². The van der Waals surface area contributed by atoms with Gasteiger partial charge in [0.1, 0.15) is 0 Å². The van der Waals surface area contributed by atoms with Crippen LogP contribution < -0.4 is 10.6 Å². The molecule has 1 rings (SSSR count). The van der Waals surface area contributed by atoms with E-state index in [1.54, 1.807) is 25.7 Å². The second kappa shape index (κ2) is 6.54. The van der Waals surface area contributed by atoms with Crippen LogP contribution >= 0.6 is 0 Å². The third-order valence-electron chi connectivity index (χ3n) is 2.99. The minimum Gasteiger partial charge on any atom is -0.347 e. The van der Waals surface area contributed by atoms with Crippen molar-refractivity contribution >= 4 is 17.7 Å². The van der Waals surface area contributed by atoms with E-state index in [0.717, 1.165) is 25.9 Å². The van der Waals surface area contributed by atoms with Crippen molar-refractivity contribution in [2.45, 2.75) is 33.6 Å². The fourth-order valence-corrected chi connectivity index (χ4v) is 1.74. The van der Waals surface area contributed by atoms with Crippen molar-refractivity contribution in [2.24, 2.45) is 5.41 Å². The number of carbonyl (C=O) groups is 3. The Morgan fingerprint density at radius 1 is 1.00 bits per heavy atom. The molecule has 2 N–H and O–H groups in total. The normalized spacial score (nSPS) is 15.2. The molecule has 6 nitrogen and oxygen atoms in total. The van der Waals surface area contributed by atoms with E-state index in [9.17, 15) is 14.4 Å². The molecule has 0 aromatic rings. The molecule has 1 aliphatic rings. The van der Waals surface area contributed by atoms with Crippen molar-refractivity contribution < 1.29 is 14.4 Å². The fourth-order valence-electron chi connectivity index (χ4n) is 1.74. The first-order chi connectivity index (χ1) is 8.80. The molecule has 0 atom stereocenters. The van der Waals surface area contributed by atoms with Gasteiger partial charge in [-0.3, -0.25) is 14.4 Å². The molecule has 1 saturated heterocycles. The van der Waals surface area contributed by atoms with Crippen LogP contribution in [-0.4, -0.2) is 48.8 Å². The summed E-state index contributed by atoms with van der Waals surface area (Å²) in [5.41, 5.74) is -0.522. The summed E-state index contributed by atoms with van der Waals surface area (Å²) < 4.78 is 0. The quantitative estimate of drug-likeness (QED) is 0.747. The molecular formula is C13H23N3O3. The van der Waals surface area contributed by atoms with Gasteiger partial charge in [-0.05, 0) is 12.8 Å². The summed E-state index contributed by atoms with van der Waals surface area (Å²) >= 11 is 0. The van der Waals surface area contributed by atoms with Crippen LogP contribution in [0.4, 0.5) is 0 Å². The van der Waals surface area contributed by atoms with Gasteiger partial charge >= 0.3 is 0 Å². The highest BCUT2D eigenvalue weighted by molar-refractivity contribution is 5.89. The number of amides is 3. The molecular weight excluding hydrogens is 246 g/mol. The zero-order valence-electron chi connectivity index (χ0n) is 11.9. The van der Waals surface area contributed by atoms with E-state index in [1.807, 2.05) is 0 Å². The smallest absolute Gasteiger partial charge is 0.241 e. The van der Waals surface area contributed by atoms with E-state index in [1.165, 1.54) is 0 Å². The third-order valence-corrected chi connectivity index (χ3v) is 2.99. The van der Waals surface area contributed by atoms with Gasteiger partial charge in [0, 0.05) is 18.5 Å². The second-order valence-electron chi connectivity index (χ2n) is 5.80. The second-order valence-corrected chi connectivity index (χ2v) is 5.80. The van der Waals surface area contributed by atoms with Crippen molar-refractivity contribution in [1.29, 1.82) is 0 Å². The van der Waals surface area contributed by atoms with Crippen LogP contribution in [-0.2, 0) is 14.4 Å². The van der Waals surface area contributed by atoms with Crippen LogP contribution in [0.5, 0.6) is 0 Å². The van der Waals surface area contributed by atoms with Crippen molar-refractivity contribution in [3.8, 4) is 0 Å². The first kappa shape index (κ1) is 15.5. The maximum Gasteiger partial charge on any atom is 0.241 e. The largest absolute Gasteiger partial charge is 0.347 e. The maximum atomic E-state index is 11.7. The van der Waals surface area contributed by atoms with E-state index in [-0.39, 0.29) is 30.8 Å². The lowest BCUT2D eigenvalue weighted by Gasteiger charge is -2.18. The van der Waals surface area contributed by atoms with Gasteiger partial charge in [-0.2, -0.15) is 0 Å². The van der Waals surface area contributed by atoms with Gasteiger partial charge in [0.05, 0.1) is 13.1 Å². The third kappa shape index (κ3) is 5.28. The number of hydrogen-bond acceptors (Lipinski definition) is 3. The molecule has 0 radical (unpaired) electrons. The number of hydrogen-bond donors (Lipinski definition) is 2. The number of carbonyl (C=O) groups excluding carboxylic acids is 3. The zero-order chi connectivity index (χ0) is 14.5. The SMILES string of the molecule is CC(C)(C)C(=O)NCC(=O)NCC(=O)N1CCCC1. The molecule has 3 amide bonds. The van der Waals surface area contributed by atoms with E-state index in [0.29, 0.717) is 0 Å². The van der Waals surface area contributed by atoms with Gasteiger partial charge < -0.3 is 15.5 Å². The summed E-state index contributed by atoms with van der Waals surface area (Å²) in [6.07, 6.45) is 2.06. The van der Waals surface area contributed by atoms with Gasteiger partial charge in [0.15, 0.2) is 0 Å². The molecule has 108 valence electrons. The Kier molecular flexibility index (Phi) is 5.32. The number of rotatable bonds is 4. The zero-order valence-corrected chi connectivity index (χ0v) is 11.9. The molecule has 0 aromatic carbocycles. The van der Waals surface area contributed by atoms with Gasteiger partial charge in [0.25, 0.3) is 0 Å². The molecule has 0 saturated carbocycles. The summed E-state index contributed by atoms with van der Waals surface area (Å²) in [5.74, 6) is -0.591. The van der Waals surface area contributed by atoms with Crippen LogP contribution in [0, 0.1) is 5.41 Å². The van der Waals surface area contributed by atoms with E-state index < -0.39 is 5.41 Å². The lowest BCUT2D eigenvalue weighted by atomic mass is 9.96. The van der Waals surface area contributed by atoms with Crippen molar-refractivity contribution in [2.75, 3.05) is 26.2 Å². The minimum atomic E-state index is -0.522. The molecule has 19 heavy (non-hydrogen) atoms. The monoisotopic (exact) mass is 269 g/mol. The molecule has 1 aliphatic heterocycles. The fraction of sp³-hybridized carbons (Fsp3) is 0.769. The Balaban J connectivity index is 2.21. The lowest BCUT2D eigenvalue weighted by molar-refractivity contribution is -0.133. The molecule has 1 fully saturated rings. The predicted molar refractivity (Wildman–Crippen MR) is 71.3 cm³/mol. The molecule has 0 aromatic heterocycles. The lowest BCUT2D eigenvalue weighted by Crippen LogP contribution is -2.44. The highest BCUT2D eigenvalue weighted by Crippen LogP contribution is 2.11. The molecule has 0 aliphatic carbocycles. The summed E-state index contributed by atoms with van der Waals surface area (Å²) in [6.45, 7) is 6.78. The highest BCUT2D eigenvalue weighted by atomic mass is 16.2. The number of nitrogens with zero attached hydrogens (tertiary/aromatic N) is 1. The average molecular weight is 269 g/mol. The standard InChI is InChI=1S/C13H23N3O3/c1-13(2,3)12(19)15-8-10(17)14-9-11(18)16-6-4-5-7-16/h4-9H2,1-3H3,(H,14,17)(H,15,19). The van der Waals surface area contributed by atoms with E-state index in [2.05, 4.69) is 10.6 Å². The molecule has 0 bridgehead atoms. The van der Waals surface area contributed by atoms with Gasteiger partial charge in [0.2, 0.25) is 17.7 Å². The first-order valence-corrected chi connectivity index (χ1v) is 6.63. The summed E-state index contributed by atoms with van der Waals surface area (Å²) in [5, 5.41) is 5.06. The van der Waals surface area contributed by atoms with E-state index in [4.69, 9.17) is 0 Å². The summed E-state index contributed by atoms with van der Waals surface area (Å²) in [6, 6.07) is 0. The van der Waals surface area contributed by atoms with E-state index >= 15 is 0 Å².